The first-order valence-electron chi connectivity index (χ1n) is 12.6. The zero-order chi connectivity index (χ0) is 26.5. The van der Waals surface area contributed by atoms with Crippen molar-refractivity contribution in [3.8, 4) is 5.75 Å². The van der Waals surface area contributed by atoms with E-state index in [9.17, 15) is 16.8 Å². The summed E-state index contributed by atoms with van der Waals surface area (Å²) in [6.45, 7) is 5.07. The lowest BCUT2D eigenvalue weighted by Crippen LogP contribution is -2.43. The predicted octanol–water partition coefficient (Wildman–Crippen LogP) is 5.02. The van der Waals surface area contributed by atoms with Gasteiger partial charge >= 0.3 is 0 Å². The third-order valence-corrected chi connectivity index (χ3v) is 10.4. The number of nitrogens with zero attached hydrogens (tertiary/aromatic N) is 2. The van der Waals surface area contributed by atoms with Crippen LogP contribution in [0.25, 0.3) is 0 Å². The Kier molecular flexibility index (Phi) is 8.74. The molecule has 3 aromatic rings. The lowest BCUT2D eigenvalue weighted by atomic mass is 10.0. The Morgan fingerprint density at radius 1 is 0.919 bits per heavy atom. The number of ether oxygens (including phenoxy) is 1. The van der Waals surface area contributed by atoms with Gasteiger partial charge in [0.1, 0.15) is 11.5 Å². The van der Waals surface area contributed by atoms with Crippen LogP contribution >= 0.6 is 0 Å². The van der Waals surface area contributed by atoms with Crippen LogP contribution in [0.5, 0.6) is 5.75 Å². The van der Waals surface area contributed by atoms with Crippen molar-refractivity contribution in [1.29, 1.82) is 0 Å². The number of hydrogen-bond donors (Lipinski definition) is 0. The summed E-state index contributed by atoms with van der Waals surface area (Å²) in [5.41, 5.74) is 0.786. The monoisotopic (exact) mass is 546 g/mol. The molecule has 0 spiro atoms. The Bertz CT molecular complexity index is 1350. The lowest BCUT2D eigenvalue weighted by Gasteiger charge is -2.34. The molecule has 200 valence electrons. The largest absolute Gasteiger partial charge is 0.494 e. The fourth-order valence-corrected chi connectivity index (χ4v) is 7.79. The standard InChI is InChI=1S/C27H34N2O6S2/c1-3-23-8-5-6-18-29(23)37(32,33)27-16-14-26(15-17-27)36(30,31)28(21-25-9-7-19-35-25)20-22-10-12-24(13-11-22)34-4-2/h7,9-17,19,23H,3-6,8,18,20-21H2,1-2H3. The smallest absolute Gasteiger partial charge is 0.243 e. The highest BCUT2D eigenvalue weighted by molar-refractivity contribution is 7.89. The molecule has 1 unspecified atom stereocenters. The number of piperidine rings is 1. The molecular weight excluding hydrogens is 512 g/mol. The minimum Gasteiger partial charge on any atom is -0.494 e. The first kappa shape index (κ1) is 27.4. The van der Waals surface area contributed by atoms with E-state index in [4.69, 9.17) is 9.15 Å². The fraction of sp³-hybridized carbons (Fsp3) is 0.407. The van der Waals surface area contributed by atoms with Gasteiger partial charge in [-0.05, 0) is 80.3 Å². The molecule has 10 heteroatoms. The van der Waals surface area contributed by atoms with Crippen molar-refractivity contribution in [3.05, 3.63) is 78.3 Å². The second kappa shape index (κ2) is 11.8. The molecule has 0 amide bonds. The molecule has 1 atom stereocenters. The van der Waals surface area contributed by atoms with E-state index in [1.807, 2.05) is 26.0 Å². The molecule has 4 rings (SSSR count). The second-order valence-electron chi connectivity index (χ2n) is 9.07. The van der Waals surface area contributed by atoms with Gasteiger partial charge < -0.3 is 9.15 Å². The molecule has 1 saturated heterocycles. The summed E-state index contributed by atoms with van der Waals surface area (Å²) in [6.07, 6.45) is 4.94. The zero-order valence-electron chi connectivity index (χ0n) is 21.2. The normalized spacial score (nSPS) is 17.2. The molecule has 1 fully saturated rings. The average molecular weight is 547 g/mol. The third kappa shape index (κ3) is 6.26. The first-order chi connectivity index (χ1) is 17.8. The van der Waals surface area contributed by atoms with Crippen molar-refractivity contribution in [3.63, 3.8) is 0 Å². The summed E-state index contributed by atoms with van der Waals surface area (Å²) < 4.78 is 67.8. The summed E-state index contributed by atoms with van der Waals surface area (Å²) in [7, 11) is -7.67. The van der Waals surface area contributed by atoms with Crippen LogP contribution in [0.15, 0.2) is 81.1 Å². The molecule has 0 bridgehead atoms. The molecule has 0 N–H and O–H groups in total. The maximum absolute atomic E-state index is 13.7. The highest BCUT2D eigenvalue weighted by Gasteiger charge is 2.33. The molecule has 1 aliphatic rings. The van der Waals surface area contributed by atoms with E-state index in [2.05, 4.69) is 0 Å². The quantitative estimate of drug-likeness (QED) is 0.335. The first-order valence-corrected chi connectivity index (χ1v) is 15.5. The van der Waals surface area contributed by atoms with Gasteiger partial charge in [-0.3, -0.25) is 0 Å². The minimum atomic E-state index is -3.96. The summed E-state index contributed by atoms with van der Waals surface area (Å²) in [4.78, 5) is 0.130. The number of rotatable bonds is 11. The second-order valence-corrected chi connectivity index (χ2v) is 12.9. The SMILES string of the molecule is CCOc1ccc(CN(Cc2ccco2)S(=O)(=O)c2ccc(S(=O)(=O)N3CCCCC3CC)cc2)cc1. The Morgan fingerprint density at radius 3 is 2.24 bits per heavy atom. The molecule has 2 heterocycles. The number of hydrogen-bond acceptors (Lipinski definition) is 6. The van der Waals surface area contributed by atoms with Crippen LogP contribution in [0.1, 0.15) is 50.9 Å². The molecule has 37 heavy (non-hydrogen) atoms. The molecule has 8 nitrogen and oxygen atoms in total. The molecule has 1 aromatic heterocycles. The van der Waals surface area contributed by atoms with Gasteiger partial charge in [0.15, 0.2) is 0 Å². The Balaban J connectivity index is 1.60. The van der Waals surface area contributed by atoms with Crippen LogP contribution in [0.3, 0.4) is 0 Å². The van der Waals surface area contributed by atoms with Gasteiger partial charge in [-0.1, -0.05) is 25.5 Å². The Hall–Kier alpha value is -2.66. The van der Waals surface area contributed by atoms with Gasteiger partial charge in [-0.2, -0.15) is 8.61 Å². The lowest BCUT2D eigenvalue weighted by molar-refractivity contribution is 0.246. The summed E-state index contributed by atoms with van der Waals surface area (Å²) in [5.74, 6) is 1.21. The predicted molar refractivity (Wildman–Crippen MR) is 141 cm³/mol. The van der Waals surface area contributed by atoms with Crippen molar-refractivity contribution in [2.24, 2.45) is 0 Å². The Labute approximate surface area is 220 Å². The zero-order valence-corrected chi connectivity index (χ0v) is 22.9. The van der Waals surface area contributed by atoms with Crippen LogP contribution in [0, 0.1) is 0 Å². The summed E-state index contributed by atoms with van der Waals surface area (Å²) in [5, 5.41) is 0. The van der Waals surface area contributed by atoms with Crippen molar-refractivity contribution in [1.82, 2.24) is 8.61 Å². The van der Waals surface area contributed by atoms with Crippen molar-refractivity contribution < 1.29 is 26.0 Å². The number of benzene rings is 2. The van der Waals surface area contributed by atoms with Crippen LogP contribution in [0.4, 0.5) is 0 Å². The summed E-state index contributed by atoms with van der Waals surface area (Å²) in [6, 6.07) is 16.2. The molecule has 0 saturated carbocycles. The van der Waals surface area contributed by atoms with Gasteiger partial charge in [0.2, 0.25) is 20.0 Å². The van der Waals surface area contributed by atoms with E-state index in [1.54, 1.807) is 28.6 Å². The minimum absolute atomic E-state index is 0.0228. The molecule has 0 aliphatic carbocycles. The number of furan rings is 1. The Morgan fingerprint density at radius 2 is 1.62 bits per heavy atom. The number of sulfonamides is 2. The maximum atomic E-state index is 13.7. The van der Waals surface area contributed by atoms with E-state index < -0.39 is 20.0 Å². The summed E-state index contributed by atoms with van der Waals surface area (Å²) >= 11 is 0. The highest BCUT2D eigenvalue weighted by atomic mass is 32.2. The van der Waals surface area contributed by atoms with Crippen LogP contribution < -0.4 is 4.74 Å². The van der Waals surface area contributed by atoms with E-state index in [0.717, 1.165) is 31.2 Å². The van der Waals surface area contributed by atoms with Gasteiger partial charge in [0.25, 0.3) is 0 Å². The maximum Gasteiger partial charge on any atom is 0.243 e. The molecule has 0 radical (unpaired) electrons. The van der Waals surface area contributed by atoms with Crippen molar-refractivity contribution >= 4 is 20.0 Å². The van der Waals surface area contributed by atoms with Gasteiger partial charge in [-0.25, -0.2) is 16.8 Å². The highest BCUT2D eigenvalue weighted by Crippen LogP contribution is 2.29. The van der Waals surface area contributed by atoms with E-state index in [0.29, 0.717) is 24.7 Å². The van der Waals surface area contributed by atoms with E-state index in [1.165, 1.54) is 34.8 Å². The van der Waals surface area contributed by atoms with Gasteiger partial charge in [0.05, 0.1) is 29.2 Å². The van der Waals surface area contributed by atoms with Crippen molar-refractivity contribution in [2.45, 2.75) is 68.5 Å². The fourth-order valence-electron chi connectivity index (χ4n) is 4.63. The van der Waals surface area contributed by atoms with E-state index in [-0.39, 0.29) is 28.9 Å². The molecule has 2 aromatic carbocycles. The molecule has 1 aliphatic heterocycles. The average Bonchev–Trinajstić information content (AvgIpc) is 3.43. The van der Waals surface area contributed by atoms with Crippen LogP contribution in [-0.2, 0) is 33.1 Å². The van der Waals surface area contributed by atoms with E-state index >= 15 is 0 Å². The van der Waals surface area contributed by atoms with Crippen LogP contribution in [0.2, 0.25) is 0 Å². The van der Waals surface area contributed by atoms with Gasteiger partial charge in [-0.15, -0.1) is 0 Å². The van der Waals surface area contributed by atoms with Crippen molar-refractivity contribution in [2.75, 3.05) is 13.2 Å². The van der Waals surface area contributed by atoms with Crippen LogP contribution in [-0.4, -0.2) is 44.6 Å². The topological polar surface area (TPSA) is 97.1 Å². The third-order valence-electron chi connectivity index (χ3n) is 6.62. The van der Waals surface area contributed by atoms with Gasteiger partial charge in [0, 0.05) is 19.1 Å². The molecular formula is C27H34N2O6S2.